The third-order valence-corrected chi connectivity index (χ3v) is 4.67. The number of carbonyl (C=O) groups excluding carboxylic acids is 1. The molecule has 3 aromatic rings. The van der Waals surface area contributed by atoms with E-state index in [1.54, 1.807) is 38.6 Å². The maximum atomic E-state index is 13.2. The van der Waals surface area contributed by atoms with Crippen LogP contribution < -0.4 is 19.5 Å². The Bertz CT molecular complexity index is 1040. The van der Waals surface area contributed by atoms with Crippen molar-refractivity contribution in [3.63, 3.8) is 0 Å². The number of hydrogen-bond acceptors (Lipinski definition) is 5. The fourth-order valence-electron chi connectivity index (χ4n) is 2.79. The van der Waals surface area contributed by atoms with Crippen LogP contribution in [0.15, 0.2) is 48.7 Å². The standard InChI is InChI=1S/C21H21ClFN3O4/c1-13(16-10-14(28-2)5-7-20(16)29-3)24-21(27)19-8-9-26(25-19)12-30-15-4-6-18(23)17(22)11-15/h4-11,13H,12H2,1-3H3,(H,24,27). The van der Waals surface area contributed by atoms with Gasteiger partial charge in [0.15, 0.2) is 6.73 Å². The van der Waals surface area contributed by atoms with E-state index in [4.69, 9.17) is 25.8 Å². The Kier molecular flexibility index (Phi) is 6.79. The number of ether oxygens (including phenoxy) is 3. The monoisotopic (exact) mass is 433 g/mol. The zero-order chi connectivity index (χ0) is 21.7. The number of nitrogens with zero attached hydrogens (tertiary/aromatic N) is 2. The summed E-state index contributed by atoms with van der Waals surface area (Å²) in [6.45, 7) is 1.88. The van der Waals surface area contributed by atoms with Crippen LogP contribution in [-0.4, -0.2) is 29.9 Å². The van der Waals surface area contributed by atoms with Gasteiger partial charge in [-0.3, -0.25) is 4.79 Å². The number of carbonyl (C=O) groups is 1. The van der Waals surface area contributed by atoms with Crippen LogP contribution in [0.25, 0.3) is 0 Å². The minimum absolute atomic E-state index is 0.0324. The molecular formula is C21H21ClFN3O4. The first-order chi connectivity index (χ1) is 14.4. The molecule has 0 radical (unpaired) electrons. The van der Waals surface area contributed by atoms with E-state index in [9.17, 15) is 9.18 Å². The highest BCUT2D eigenvalue weighted by Gasteiger charge is 2.18. The predicted molar refractivity (Wildman–Crippen MR) is 110 cm³/mol. The van der Waals surface area contributed by atoms with Gasteiger partial charge in [0, 0.05) is 17.8 Å². The second-order valence-corrected chi connectivity index (χ2v) is 6.80. The van der Waals surface area contributed by atoms with E-state index in [0.717, 1.165) is 5.56 Å². The predicted octanol–water partition coefficient (Wildman–Crippen LogP) is 4.22. The molecule has 3 rings (SSSR count). The van der Waals surface area contributed by atoms with E-state index < -0.39 is 5.82 Å². The molecule has 9 heteroatoms. The Balaban J connectivity index is 1.64. The zero-order valence-corrected chi connectivity index (χ0v) is 17.4. The van der Waals surface area contributed by atoms with Gasteiger partial charge in [0.05, 0.1) is 25.3 Å². The van der Waals surface area contributed by atoms with E-state index in [1.807, 2.05) is 13.0 Å². The van der Waals surface area contributed by atoms with Gasteiger partial charge in [-0.15, -0.1) is 0 Å². The first-order valence-electron chi connectivity index (χ1n) is 9.05. The van der Waals surface area contributed by atoms with Gasteiger partial charge in [0.25, 0.3) is 5.91 Å². The van der Waals surface area contributed by atoms with E-state index in [2.05, 4.69) is 10.4 Å². The topological polar surface area (TPSA) is 74.6 Å². The lowest BCUT2D eigenvalue weighted by atomic mass is 10.1. The van der Waals surface area contributed by atoms with E-state index in [1.165, 1.54) is 22.9 Å². The van der Waals surface area contributed by atoms with Crippen LogP contribution in [0.5, 0.6) is 17.2 Å². The summed E-state index contributed by atoms with van der Waals surface area (Å²) in [4.78, 5) is 12.6. The number of nitrogens with one attached hydrogen (secondary N) is 1. The van der Waals surface area contributed by atoms with E-state index in [-0.39, 0.29) is 29.4 Å². The number of hydrogen-bond donors (Lipinski definition) is 1. The quantitative estimate of drug-likeness (QED) is 0.575. The van der Waals surface area contributed by atoms with Crippen molar-refractivity contribution in [2.24, 2.45) is 0 Å². The van der Waals surface area contributed by atoms with Crippen LogP contribution >= 0.6 is 11.6 Å². The highest BCUT2D eigenvalue weighted by atomic mass is 35.5. The molecule has 158 valence electrons. The summed E-state index contributed by atoms with van der Waals surface area (Å²) in [6, 6.07) is 10.7. The van der Waals surface area contributed by atoms with Crippen molar-refractivity contribution in [3.05, 3.63) is 70.8 Å². The lowest BCUT2D eigenvalue weighted by molar-refractivity contribution is 0.0932. The van der Waals surface area contributed by atoms with Crippen LogP contribution in [0.4, 0.5) is 4.39 Å². The molecule has 0 aliphatic heterocycles. The van der Waals surface area contributed by atoms with Crippen LogP contribution in [-0.2, 0) is 6.73 Å². The third kappa shape index (κ3) is 5.01. The second kappa shape index (κ2) is 9.49. The number of halogens is 2. The number of aromatic nitrogens is 2. The molecule has 30 heavy (non-hydrogen) atoms. The molecule has 1 atom stereocenters. The maximum absolute atomic E-state index is 13.2. The summed E-state index contributed by atoms with van der Waals surface area (Å²) in [6.07, 6.45) is 1.61. The second-order valence-electron chi connectivity index (χ2n) is 6.39. The van der Waals surface area contributed by atoms with Crippen LogP contribution in [0.3, 0.4) is 0 Å². The van der Waals surface area contributed by atoms with Gasteiger partial charge >= 0.3 is 0 Å². The molecule has 1 aromatic heterocycles. The Morgan fingerprint density at radius 2 is 1.93 bits per heavy atom. The Morgan fingerprint density at radius 3 is 2.63 bits per heavy atom. The van der Waals surface area contributed by atoms with Gasteiger partial charge in [-0.1, -0.05) is 11.6 Å². The lowest BCUT2D eigenvalue weighted by Crippen LogP contribution is -2.27. The number of rotatable bonds is 8. The molecule has 1 N–H and O–H groups in total. The molecule has 0 aliphatic carbocycles. The molecule has 1 amide bonds. The van der Waals surface area contributed by atoms with Gasteiger partial charge in [-0.05, 0) is 43.3 Å². The van der Waals surface area contributed by atoms with Gasteiger partial charge < -0.3 is 19.5 Å². The lowest BCUT2D eigenvalue weighted by Gasteiger charge is -2.17. The smallest absolute Gasteiger partial charge is 0.272 e. The van der Waals surface area contributed by atoms with Crippen molar-refractivity contribution < 1.29 is 23.4 Å². The number of benzene rings is 2. The highest BCUT2D eigenvalue weighted by Crippen LogP contribution is 2.29. The van der Waals surface area contributed by atoms with Crippen LogP contribution in [0.2, 0.25) is 5.02 Å². The van der Waals surface area contributed by atoms with Crippen molar-refractivity contribution in [2.45, 2.75) is 19.7 Å². The molecule has 0 spiro atoms. The minimum Gasteiger partial charge on any atom is -0.497 e. The fraction of sp³-hybridized carbons (Fsp3) is 0.238. The van der Waals surface area contributed by atoms with Crippen molar-refractivity contribution in [1.82, 2.24) is 15.1 Å². The average Bonchev–Trinajstić information content (AvgIpc) is 3.23. The third-order valence-electron chi connectivity index (χ3n) is 4.38. The van der Waals surface area contributed by atoms with Crippen molar-refractivity contribution in [1.29, 1.82) is 0 Å². The molecule has 1 heterocycles. The van der Waals surface area contributed by atoms with E-state index >= 15 is 0 Å². The summed E-state index contributed by atoms with van der Waals surface area (Å²) in [5.41, 5.74) is 1.01. The highest BCUT2D eigenvalue weighted by molar-refractivity contribution is 6.30. The maximum Gasteiger partial charge on any atom is 0.272 e. The van der Waals surface area contributed by atoms with Gasteiger partial charge in [0.1, 0.15) is 28.8 Å². The summed E-state index contributed by atoms with van der Waals surface area (Å²) in [5.74, 6) is 0.816. The molecule has 0 fully saturated rings. The molecule has 7 nitrogen and oxygen atoms in total. The fourth-order valence-corrected chi connectivity index (χ4v) is 2.96. The first kappa shape index (κ1) is 21.4. The number of methoxy groups -OCH3 is 2. The van der Waals surface area contributed by atoms with Crippen molar-refractivity contribution in [2.75, 3.05) is 14.2 Å². The van der Waals surface area contributed by atoms with E-state index in [0.29, 0.717) is 17.2 Å². The summed E-state index contributed by atoms with van der Waals surface area (Å²) < 4.78 is 30.8. The van der Waals surface area contributed by atoms with Gasteiger partial charge in [-0.2, -0.15) is 5.10 Å². The summed E-state index contributed by atoms with van der Waals surface area (Å²) in [5, 5.41) is 7.06. The molecular weight excluding hydrogens is 413 g/mol. The molecule has 0 bridgehead atoms. The molecule has 2 aromatic carbocycles. The Labute approximate surface area is 178 Å². The minimum atomic E-state index is -0.524. The normalized spacial score (nSPS) is 11.6. The van der Waals surface area contributed by atoms with Crippen molar-refractivity contribution in [3.8, 4) is 17.2 Å². The Morgan fingerprint density at radius 1 is 1.17 bits per heavy atom. The molecule has 0 saturated heterocycles. The molecule has 1 unspecified atom stereocenters. The van der Waals surface area contributed by atoms with Crippen LogP contribution in [0.1, 0.15) is 29.0 Å². The van der Waals surface area contributed by atoms with Crippen LogP contribution in [0, 0.1) is 5.82 Å². The van der Waals surface area contributed by atoms with Gasteiger partial charge in [-0.25, -0.2) is 9.07 Å². The largest absolute Gasteiger partial charge is 0.497 e. The molecule has 0 saturated carbocycles. The first-order valence-corrected chi connectivity index (χ1v) is 9.43. The SMILES string of the molecule is COc1ccc(OC)c(C(C)NC(=O)c2ccn(COc3ccc(F)c(Cl)c3)n2)c1. The average molecular weight is 434 g/mol. The zero-order valence-electron chi connectivity index (χ0n) is 16.7. The summed E-state index contributed by atoms with van der Waals surface area (Å²) in [7, 11) is 3.14. The van der Waals surface area contributed by atoms with Gasteiger partial charge in [0.2, 0.25) is 0 Å². The molecule has 0 aliphatic rings. The Hall–Kier alpha value is -3.26. The van der Waals surface area contributed by atoms with Crippen molar-refractivity contribution >= 4 is 17.5 Å². The summed E-state index contributed by atoms with van der Waals surface area (Å²) >= 11 is 5.73. The number of amides is 1.